The number of nitrogens with zero attached hydrogens (tertiary/aromatic N) is 2. The highest BCUT2D eigenvalue weighted by molar-refractivity contribution is 6.37. The third-order valence-electron chi connectivity index (χ3n) is 8.05. The summed E-state index contributed by atoms with van der Waals surface area (Å²) in [5.74, 6) is -1.34. The number of cyclic esters (lactones) is 2. The van der Waals surface area contributed by atoms with Gasteiger partial charge in [-0.05, 0) is 12.1 Å². The molecule has 3 aliphatic rings. The van der Waals surface area contributed by atoms with Crippen LogP contribution in [-0.4, -0.2) is 63.3 Å². The number of fused-ring (bicyclic) bond motifs is 12. The van der Waals surface area contributed by atoms with Crippen LogP contribution in [0.3, 0.4) is 0 Å². The van der Waals surface area contributed by atoms with Gasteiger partial charge in [0.2, 0.25) is 0 Å². The van der Waals surface area contributed by atoms with Crippen LogP contribution in [0.4, 0.5) is 0 Å². The van der Waals surface area contributed by atoms with E-state index < -0.39 is 42.5 Å². The molecule has 0 aliphatic carbocycles. The first-order valence-electron chi connectivity index (χ1n) is 11.8. The van der Waals surface area contributed by atoms with Crippen molar-refractivity contribution >= 4 is 55.6 Å². The second kappa shape index (κ2) is 6.71. The van der Waals surface area contributed by atoms with E-state index in [2.05, 4.69) is 0 Å². The van der Waals surface area contributed by atoms with Gasteiger partial charge in [-0.25, -0.2) is 9.59 Å². The fraction of sp³-hybridized carbons (Fsp3) is 0.259. The van der Waals surface area contributed by atoms with Crippen molar-refractivity contribution in [3.8, 4) is 0 Å². The summed E-state index contributed by atoms with van der Waals surface area (Å²) >= 11 is 0. The molecule has 0 saturated carbocycles. The van der Waals surface area contributed by atoms with E-state index in [-0.39, 0.29) is 17.7 Å². The van der Waals surface area contributed by atoms with Gasteiger partial charge in [0, 0.05) is 34.2 Å². The first-order chi connectivity index (χ1) is 17.6. The maximum absolute atomic E-state index is 13.1. The first kappa shape index (κ1) is 20.4. The van der Waals surface area contributed by atoms with Crippen molar-refractivity contribution in [3.63, 3.8) is 0 Å². The second-order valence-corrected chi connectivity index (χ2v) is 9.58. The first-order valence-corrected chi connectivity index (χ1v) is 11.8. The Morgan fingerprint density at radius 3 is 2.03 bits per heavy atom. The minimum atomic E-state index is -1.03. The monoisotopic (exact) mass is 484 g/mol. The number of carbonyl (C=O) groups excluding carboxylic acids is 2. The number of hydrogen-bond donors (Lipinski definition) is 2. The predicted octanol–water partition coefficient (Wildman–Crippen LogP) is 3.03. The summed E-state index contributed by atoms with van der Waals surface area (Å²) < 4.78 is 21.2. The van der Waals surface area contributed by atoms with Crippen LogP contribution in [0.5, 0.6) is 0 Å². The van der Waals surface area contributed by atoms with Gasteiger partial charge in [0.15, 0.2) is 6.23 Å². The zero-order valence-electron chi connectivity index (χ0n) is 19.0. The molecule has 8 rings (SSSR count). The molecule has 0 spiro atoms. The molecule has 2 N–H and O–H groups in total. The Balaban J connectivity index is 1.67. The van der Waals surface area contributed by atoms with Crippen molar-refractivity contribution in [1.29, 1.82) is 0 Å². The molecule has 5 heterocycles. The van der Waals surface area contributed by atoms with Crippen LogP contribution in [0, 0.1) is 0 Å². The molecule has 9 heteroatoms. The Labute approximate surface area is 203 Å². The highest BCUT2D eigenvalue weighted by Gasteiger charge is 2.52. The average molecular weight is 484 g/mol. The van der Waals surface area contributed by atoms with Gasteiger partial charge in [-0.15, -0.1) is 0 Å². The summed E-state index contributed by atoms with van der Waals surface area (Å²) in [7, 11) is 1.48. The van der Waals surface area contributed by atoms with E-state index >= 15 is 0 Å². The second-order valence-electron chi connectivity index (χ2n) is 9.58. The highest BCUT2D eigenvalue weighted by Crippen LogP contribution is 2.54. The molecule has 180 valence electrons. The minimum absolute atomic E-state index is 0.251. The number of hydrogen-bond acceptors (Lipinski definition) is 7. The lowest BCUT2D eigenvalue weighted by molar-refractivity contribution is -0.231. The average Bonchev–Trinajstić information content (AvgIpc) is 3.51. The minimum Gasteiger partial charge on any atom is -0.394 e. The zero-order chi connectivity index (χ0) is 24.5. The van der Waals surface area contributed by atoms with Gasteiger partial charge in [0.1, 0.15) is 24.4 Å². The third-order valence-corrected chi connectivity index (χ3v) is 8.05. The molecule has 1 saturated heterocycles. The molecular weight excluding hydrogens is 464 g/mol. The summed E-state index contributed by atoms with van der Waals surface area (Å²) in [6.45, 7) is -0.332. The number of methoxy groups -OCH3 is 1. The van der Waals surface area contributed by atoms with Gasteiger partial charge in [-0.2, -0.15) is 0 Å². The molecule has 5 atom stereocenters. The van der Waals surface area contributed by atoms with Gasteiger partial charge in [0.05, 0.1) is 34.3 Å². The van der Waals surface area contributed by atoms with Crippen molar-refractivity contribution < 1.29 is 34.0 Å². The molecule has 2 aromatic heterocycles. The quantitative estimate of drug-likeness (QED) is 0.293. The number of ether oxygens (including phenoxy) is 3. The Kier molecular flexibility index (Phi) is 3.81. The number of aromatic nitrogens is 2. The molecule has 3 aliphatic heterocycles. The van der Waals surface area contributed by atoms with E-state index in [0.717, 1.165) is 32.8 Å². The van der Waals surface area contributed by atoms with Crippen LogP contribution >= 0.6 is 0 Å². The van der Waals surface area contributed by atoms with Crippen LogP contribution in [0.15, 0.2) is 48.5 Å². The van der Waals surface area contributed by atoms with Crippen molar-refractivity contribution in [2.75, 3.05) is 13.7 Å². The summed E-state index contributed by atoms with van der Waals surface area (Å²) in [5, 5.41) is 24.6. The lowest BCUT2D eigenvalue weighted by atomic mass is 9.93. The standard InChI is InChI=1S/C27H20N2O7/c1-34-24-15(10-30)35-25-22(23(24)31)28-13-8-4-2-6-11(13)16-18-19(27(33)36-26(18)32)17-12-7-3-5-9-14(12)29(25)21(17)20(16)28/h2-9,15,22-25,30-31H,10H2,1H3/t15-,22+,23-,24-,25-/m1/s1. The van der Waals surface area contributed by atoms with E-state index in [0.29, 0.717) is 10.8 Å². The Hall–Kier alpha value is -3.76. The van der Waals surface area contributed by atoms with E-state index in [1.807, 2.05) is 57.7 Å². The molecule has 0 bridgehead atoms. The number of carbonyl (C=O) groups is 2. The largest absolute Gasteiger partial charge is 0.394 e. The summed E-state index contributed by atoms with van der Waals surface area (Å²) in [5.41, 5.74) is 3.55. The number of para-hydroxylation sites is 2. The smallest absolute Gasteiger partial charge is 0.347 e. The van der Waals surface area contributed by atoms with Crippen molar-refractivity contribution in [2.24, 2.45) is 0 Å². The molecule has 0 unspecified atom stereocenters. The SMILES string of the molecule is CO[C@H]1[C@H](O)[C@H]2[C@@H](O[C@@H]1CO)n1c3ccccc3c3c4c(c5c6ccccc6n2c5c31)C(=O)OC4=O. The van der Waals surface area contributed by atoms with Gasteiger partial charge in [0.25, 0.3) is 0 Å². The Morgan fingerprint density at radius 1 is 0.889 bits per heavy atom. The number of benzene rings is 3. The third kappa shape index (κ3) is 2.13. The summed E-state index contributed by atoms with van der Waals surface area (Å²) in [4.78, 5) is 26.2. The van der Waals surface area contributed by atoms with E-state index in [1.165, 1.54) is 7.11 Å². The number of aliphatic hydroxyl groups excluding tert-OH is 2. The van der Waals surface area contributed by atoms with E-state index in [1.54, 1.807) is 0 Å². The highest BCUT2D eigenvalue weighted by atomic mass is 16.6. The molecule has 3 aromatic carbocycles. The van der Waals surface area contributed by atoms with Crippen LogP contribution < -0.4 is 0 Å². The molecule has 1 fully saturated rings. The number of rotatable bonds is 2. The maximum atomic E-state index is 13.1. The number of esters is 2. The van der Waals surface area contributed by atoms with Crippen molar-refractivity contribution in [1.82, 2.24) is 9.13 Å². The van der Waals surface area contributed by atoms with Gasteiger partial charge in [-0.3, -0.25) is 0 Å². The Morgan fingerprint density at radius 2 is 1.44 bits per heavy atom. The zero-order valence-corrected chi connectivity index (χ0v) is 19.0. The van der Waals surface area contributed by atoms with E-state index in [9.17, 15) is 19.8 Å². The van der Waals surface area contributed by atoms with Gasteiger partial charge < -0.3 is 33.6 Å². The van der Waals surface area contributed by atoms with Crippen LogP contribution in [-0.2, 0) is 14.2 Å². The molecule has 5 aromatic rings. The van der Waals surface area contributed by atoms with Crippen molar-refractivity contribution in [3.05, 3.63) is 59.7 Å². The predicted molar refractivity (Wildman–Crippen MR) is 129 cm³/mol. The van der Waals surface area contributed by atoms with Crippen molar-refractivity contribution in [2.45, 2.75) is 30.6 Å². The molecule has 0 amide bonds. The van der Waals surface area contributed by atoms with Gasteiger partial charge in [-0.1, -0.05) is 36.4 Å². The van der Waals surface area contributed by atoms with Crippen LogP contribution in [0.2, 0.25) is 0 Å². The maximum Gasteiger partial charge on any atom is 0.347 e. The molecule has 0 radical (unpaired) electrons. The molecule has 9 nitrogen and oxygen atoms in total. The summed E-state index contributed by atoms with van der Waals surface area (Å²) in [6, 6.07) is 14.6. The van der Waals surface area contributed by atoms with E-state index in [4.69, 9.17) is 14.2 Å². The fourth-order valence-corrected chi connectivity index (χ4v) is 6.77. The lowest BCUT2D eigenvalue weighted by Gasteiger charge is -2.47. The van der Waals surface area contributed by atoms with Crippen LogP contribution in [0.25, 0.3) is 43.6 Å². The summed E-state index contributed by atoms with van der Waals surface area (Å²) in [6.07, 6.45) is -3.27. The topological polar surface area (TPSA) is 112 Å². The van der Waals surface area contributed by atoms with Gasteiger partial charge >= 0.3 is 11.9 Å². The lowest BCUT2D eigenvalue weighted by Crippen LogP contribution is -2.55. The normalized spacial score (nSPS) is 26.9. The fourth-order valence-electron chi connectivity index (χ4n) is 6.77. The molecular formula is C27H20N2O7. The number of aliphatic hydroxyl groups is 2. The molecule has 36 heavy (non-hydrogen) atoms. The van der Waals surface area contributed by atoms with Crippen LogP contribution in [0.1, 0.15) is 33.0 Å². The Bertz CT molecular complexity index is 1820.